The minimum Gasteiger partial charge on any atom is -0.467 e. The Morgan fingerprint density at radius 1 is 1.22 bits per heavy atom. The van der Waals surface area contributed by atoms with Gasteiger partial charge in [-0.25, -0.2) is 4.79 Å². The number of allylic oxidation sites excluding steroid dienone is 1. The first-order valence-corrected chi connectivity index (χ1v) is 8.21. The van der Waals surface area contributed by atoms with Crippen LogP contribution in [-0.4, -0.2) is 25.0 Å². The summed E-state index contributed by atoms with van der Waals surface area (Å²) < 4.78 is 4.78. The Kier molecular flexibility index (Phi) is 9.07. The van der Waals surface area contributed by atoms with Crippen LogP contribution in [0.2, 0.25) is 5.02 Å². The van der Waals surface area contributed by atoms with E-state index in [0.717, 1.165) is 32.1 Å². The molecule has 0 aromatic heterocycles. The van der Waals surface area contributed by atoms with Crippen LogP contribution in [0.1, 0.15) is 48.9 Å². The number of methoxy groups -OCH3 is 1. The number of hydrogen-bond acceptors (Lipinski definition) is 3. The molecule has 0 bridgehead atoms. The number of carbonyl (C=O) groups is 2. The Morgan fingerprint density at radius 3 is 2.48 bits per heavy atom. The molecule has 1 N–H and O–H groups in total. The Balaban J connectivity index is 2.50. The lowest BCUT2D eigenvalue weighted by Crippen LogP contribution is -2.41. The van der Waals surface area contributed by atoms with Crippen LogP contribution in [0.4, 0.5) is 0 Å². The Bertz CT molecular complexity index is 514. The molecule has 0 radical (unpaired) electrons. The average molecular weight is 338 g/mol. The van der Waals surface area contributed by atoms with Gasteiger partial charge in [-0.15, -0.1) is 6.58 Å². The summed E-state index contributed by atoms with van der Waals surface area (Å²) in [4.78, 5) is 24.0. The minimum absolute atomic E-state index is 0.302. The predicted octanol–water partition coefficient (Wildman–Crippen LogP) is 4.14. The van der Waals surface area contributed by atoms with Gasteiger partial charge in [-0.2, -0.15) is 0 Å². The highest BCUT2D eigenvalue weighted by molar-refractivity contribution is 6.30. The fourth-order valence-electron chi connectivity index (χ4n) is 2.22. The zero-order valence-corrected chi connectivity index (χ0v) is 14.3. The maximum atomic E-state index is 12.2. The number of unbranched alkanes of at least 4 members (excludes halogenated alkanes) is 4. The molecule has 0 saturated carbocycles. The minimum atomic E-state index is -0.623. The van der Waals surface area contributed by atoms with Crippen LogP contribution >= 0.6 is 11.6 Å². The van der Waals surface area contributed by atoms with Gasteiger partial charge in [0.15, 0.2) is 0 Å². The number of amides is 1. The summed E-state index contributed by atoms with van der Waals surface area (Å²) in [7, 11) is 1.33. The average Bonchev–Trinajstić information content (AvgIpc) is 2.56. The molecule has 0 aliphatic carbocycles. The SMILES string of the molecule is C=CCCCCCC[C@H](NC(=O)c1ccc(Cl)cc1)C(=O)OC. The quantitative estimate of drug-likeness (QED) is 0.396. The summed E-state index contributed by atoms with van der Waals surface area (Å²) in [5.74, 6) is -0.720. The largest absolute Gasteiger partial charge is 0.467 e. The molecular weight excluding hydrogens is 314 g/mol. The number of hydrogen-bond donors (Lipinski definition) is 1. The molecule has 0 unspecified atom stereocenters. The smallest absolute Gasteiger partial charge is 0.328 e. The summed E-state index contributed by atoms with van der Waals surface area (Å²) in [6, 6.07) is 5.91. The molecule has 5 heteroatoms. The molecule has 0 aliphatic rings. The molecule has 23 heavy (non-hydrogen) atoms. The van der Waals surface area contributed by atoms with Crippen molar-refractivity contribution in [3.63, 3.8) is 0 Å². The molecule has 0 fully saturated rings. The van der Waals surface area contributed by atoms with E-state index in [1.165, 1.54) is 7.11 Å². The summed E-state index contributed by atoms with van der Waals surface area (Å²) >= 11 is 5.80. The number of halogens is 1. The summed E-state index contributed by atoms with van der Waals surface area (Å²) in [5, 5.41) is 3.29. The molecule has 1 atom stereocenters. The van der Waals surface area contributed by atoms with Crippen LogP contribution in [0.15, 0.2) is 36.9 Å². The molecule has 1 amide bonds. The van der Waals surface area contributed by atoms with Gasteiger partial charge in [0.1, 0.15) is 6.04 Å². The van der Waals surface area contributed by atoms with E-state index in [0.29, 0.717) is 17.0 Å². The molecule has 126 valence electrons. The van der Waals surface area contributed by atoms with E-state index in [1.54, 1.807) is 24.3 Å². The van der Waals surface area contributed by atoms with E-state index in [4.69, 9.17) is 16.3 Å². The standard InChI is InChI=1S/C18H24ClNO3/c1-3-4-5-6-7-8-9-16(18(22)23-2)20-17(21)14-10-12-15(19)13-11-14/h3,10-13,16H,1,4-9H2,2H3,(H,20,21)/t16-/m0/s1. The fourth-order valence-corrected chi connectivity index (χ4v) is 2.35. The van der Waals surface area contributed by atoms with E-state index < -0.39 is 12.0 Å². The van der Waals surface area contributed by atoms with E-state index >= 15 is 0 Å². The lowest BCUT2D eigenvalue weighted by atomic mass is 10.1. The lowest BCUT2D eigenvalue weighted by Gasteiger charge is -2.16. The predicted molar refractivity (Wildman–Crippen MR) is 92.6 cm³/mol. The number of nitrogens with one attached hydrogen (secondary N) is 1. The van der Waals surface area contributed by atoms with Crippen molar-refractivity contribution >= 4 is 23.5 Å². The Labute approximate surface area is 142 Å². The van der Waals surface area contributed by atoms with Gasteiger partial charge in [0.25, 0.3) is 5.91 Å². The molecule has 0 aliphatic heterocycles. The van der Waals surface area contributed by atoms with Crippen LogP contribution in [0.25, 0.3) is 0 Å². The van der Waals surface area contributed by atoms with Crippen LogP contribution in [0, 0.1) is 0 Å². The second kappa shape index (κ2) is 10.8. The second-order valence-electron chi connectivity index (χ2n) is 5.34. The van der Waals surface area contributed by atoms with Gasteiger partial charge >= 0.3 is 5.97 Å². The van der Waals surface area contributed by atoms with Crippen molar-refractivity contribution in [2.45, 2.75) is 44.6 Å². The number of carbonyl (C=O) groups excluding carboxylic acids is 2. The zero-order chi connectivity index (χ0) is 17.1. The third-order valence-corrected chi connectivity index (χ3v) is 3.80. The maximum absolute atomic E-state index is 12.2. The summed E-state index contributed by atoms with van der Waals surface area (Å²) in [6.45, 7) is 3.69. The molecule has 1 aromatic rings. The second-order valence-corrected chi connectivity index (χ2v) is 5.77. The van der Waals surface area contributed by atoms with Gasteiger partial charge in [0.2, 0.25) is 0 Å². The van der Waals surface area contributed by atoms with E-state index in [1.807, 2.05) is 6.08 Å². The van der Waals surface area contributed by atoms with E-state index in [2.05, 4.69) is 11.9 Å². The van der Waals surface area contributed by atoms with Crippen LogP contribution in [0.5, 0.6) is 0 Å². The molecule has 1 aromatic carbocycles. The van der Waals surface area contributed by atoms with Gasteiger partial charge < -0.3 is 10.1 Å². The summed E-state index contributed by atoms with van der Waals surface area (Å²) in [5.41, 5.74) is 0.467. The first-order valence-electron chi connectivity index (χ1n) is 7.83. The first-order chi connectivity index (χ1) is 11.1. The van der Waals surface area contributed by atoms with Gasteiger partial charge in [-0.3, -0.25) is 4.79 Å². The number of benzene rings is 1. The zero-order valence-electron chi connectivity index (χ0n) is 13.5. The van der Waals surface area contributed by atoms with Crippen molar-refractivity contribution in [1.29, 1.82) is 0 Å². The van der Waals surface area contributed by atoms with Gasteiger partial charge in [0, 0.05) is 10.6 Å². The lowest BCUT2D eigenvalue weighted by molar-refractivity contribution is -0.143. The third-order valence-electron chi connectivity index (χ3n) is 3.55. The third kappa shape index (κ3) is 7.33. The molecule has 0 heterocycles. The highest BCUT2D eigenvalue weighted by atomic mass is 35.5. The van der Waals surface area contributed by atoms with Gasteiger partial charge in [-0.1, -0.05) is 36.9 Å². The molecule has 0 saturated heterocycles. The first kappa shape index (κ1) is 19.2. The Hall–Kier alpha value is -1.81. The normalized spacial score (nSPS) is 11.6. The highest BCUT2D eigenvalue weighted by Gasteiger charge is 2.21. The topological polar surface area (TPSA) is 55.4 Å². The highest BCUT2D eigenvalue weighted by Crippen LogP contribution is 2.12. The van der Waals surface area contributed by atoms with Crippen molar-refractivity contribution in [3.05, 3.63) is 47.5 Å². The van der Waals surface area contributed by atoms with Crippen molar-refractivity contribution in [3.8, 4) is 0 Å². The van der Waals surface area contributed by atoms with E-state index in [-0.39, 0.29) is 5.91 Å². The van der Waals surface area contributed by atoms with Crippen molar-refractivity contribution < 1.29 is 14.3 Å². The molecule has 1 rings (SSSR count). The van der Waals surface area contributed by atoms with Crippen molar-refractivity contribution in [1.82, 2.24) is 5.32 Å². The number of rotatable bonds is 10. The molecular formula is C18H24ClNO3. The molecule has 4 nitrogen and oxygen atoms in total. The molecule has 0 spiro atoms. The van der Waals surface area contributed by atoms with Crippen molar-refractivity contribution in [2.24, 2.45) is 0 Å². The van der Waals surface area contributed by atoms with Crippen LogP contribution < -0.4 is 5.32 Å². The van der Waals surface area contributed by atoms with Gasteiger partial charge in [0.05, 0.1) is 7.11 Å². The van der Waals surface area contributed by atoms with Crippen molar-refractivity contribution in [2.75, 3.05) is 7.11 Å². The maximum Gasteiger partial charge on any atom is 0.328 e. The Morgan fingerprint density at radius 2 is 1.87 bits per heavy atom. The number of ether oxygens (including phenoxy) is 1. The summed E-state index contributed by atoms with van der Waals surface area (Å²) in [6.07, 6.45) is 7.54. The van der Waals surface area contributed by atoms with E-state index in [9.17, 15) is 9.59 Å². The van der Waals surface area contributed by atoms with Gasteiger partial charge in [-0.05, 0) is 43.5 Å². The van der Waals surface area contributed by atoms with Crippen LogP contribution in [0.3, 0.4) is 0 Å². The monoisotopic (exact) mass is 337 g/mol. The van der Waals surface area contributed by atoms with Crippen LogP contribution in [-0.2, 0) is 9.53 Å². The fraction of sp³-hybridized carbons (Fsp3) is 0.444. The number of esters is 1.